The molecule has 0 amide bonds. The molecule has 1 aromatic heterocycles. The van der Waals surface area contributed by atoms with Crippen LogP contribution in [-0.4, -0.2) is 49.7 Å². The SMILES string of the molecule is CCCc1nc(N2CCC(N(C)C)C2)sc1CNCC. The maximum Gasteiger partial charge on any atom is 0.185 e. The second-order valence-corrected chi connectivity index (χ2v) is 6.81. The van der Waals surface area contributed by atoms with Crippen molar-refractivity contribution in [3.63, 3.8) is 0 Å². The predicted molar refractivity (Wildman–Crippen MR) is 87.8 cm³/mol. The molecule has 1 saturated heterocycles. The molecule has 1 aromatic rings. The summed E-state index contributed by atoms with van der Waals surface area (Å²) in [4.78, 5) is 11.1. The summed E-state index contributed by atoms with van der Waals surface area (Å²) in [7, 11) is 4.35. The molecule has 2 rings (SSSR count). The van der Waals surface area contributed by atoms with Crippen LogP contribution in [0.25, 0.3) is 0 Å². The van der Waals surface area contributed by atoms with Gasteiger partial charge in [0.2, 0.25) is 0 Å². The van der Waals surface area contributed by atoms with Crippen LogP contribution in [0, 0.1) is 0 Å². The van der Waals surface area contributed by atoms with Crippen LogP contribution < -0.4 is 10.2 Å². The number of nitrogens with one attached hydrogen (secondary N) is 1. The molecular weight excluding hydrogens is 268 g/mol. The molecule has 0 saturated carbocycles. The Hall–Kier alpha value is -0.650. The number of rotatable bonds is 7. The number of aromatic nitrogens is 1. The molecule has 0 radical (unpaired) electrons. The van der Waals surface area contributed by atoms with E-state index in [2.05, 4.69) is 43.1 Å². The second kappa shape index (κ2) is 7.38. The molecule has 1 aliphatic rings. The van der Waals surface area contributed by atoms with E-state index in [4.69, 9.17) is 4.98 Å². The average Bonchev–Trinajstić information content (AvgIpc) is 3.03. The minimum atomic E-state index is 0.672. The zero-order chi connectivity index (χ0) is 14.5. The van der Waals surface area contributed by atoms with Crippen LogP contribution in [-0.2, 0) is 13.0 Å². The van der Waals surface area contributed by atoms with E-state index in [1.807, 2.05) is 11.3 Å². The van der Waals surface area contributed by atoms with E-state index in [0.29, 0.717) is 6.04 Å². The number of hydrogen-bond acceptors (Lipinski definition) is 5. The molecular formula is C15H28N4S. The quantitative estimate of drug-likeness (QED) is 0.837. The molecule has 114 valence electrons. The van der Waals surface area contributed by atoms with Crippen LogP contribution in [0.1, 0.15) is 37.3 Å². The third kappa shape index (κ3) is 3.71. The van der Waals surface area contributed by atoms with Crippen molar-refractivity contribution in [3.05, 3.63) is 10.6 Å². The van der Waals surface area contributed by atoms with Gasteiger partial charge in [0.15, 0.2) is 5.13 Å². The van der Waals surface area contributed by atoms with E-state index in [0.717, 1.165) is 32.6 Å². The first-order valence-corrected chi connectivity index (χ1v) is 8.58. The van der Waals surface area contributed by atoms with Gasteiger partial charge in [-0.25, -0.2) is 4.98 Å². The lowest BCUT2D eigenvalue weighted by molar-refractivity contribution is 0.315. The zero-order valence-corrected chi connectivity index (χ0v) is 14.1. The third-order valence-corrected chi connectivity index (χ3v) is 5.11. The van der Waals surface area contributed by atoms with Gasteiger partial charge in [-0.2, -0.15) is 0 Å². The molecule has 2 heterocycles. The van der Waals surface area contributed by atoms with Crippen LogP contribution in [0.15, 0.2) is 0 Å². The van der Waals surface area contributed by atoms with Gasteiger partial charge in [-0.3, -0.25) is 0 Å². The van der Waals surface area contributed by atoms with Gasteiger partial charge in [-0.1, -0.05) is 20.3 Å². The summed E-state index contributed by atoms with van der Waals surface area (Å²) in [6.07, 6.45) is 3.52. The van der Waals surface area contributed by atoms with Crippen LogP contribution in [0.3, 0.4) is 0 Å². The van der Waals surface area contributed by atoms with Gasteiger partial charge in [0.25, 0.3) is 0 Å². The number of anilines is 1. The lowest BCUT2D eigenvalue weighted by atomic mass is 10.2. The van der Waals surface area contributed by atoms with E-state index >= 15 is 0 Å². The molecule has 1 fully saturated rings. The first-order valence-electron chi connectivity index (χ1n) is 7.76. The molecule has 0 bridgehead atoms. The van der Waals surface area contributed by atoms with E-state index in [1.165, 1.54) is 28.5 Å². The van der Waals surface area contributed by atoms with Crippen molar-refractivity contribution in [2.24, 2.45) is 0 Å². The summed E-state index contributed by atoms with van der Waals surface area (Å²) >= 11 is 1.88. The fraction of sp³-hybridized carbons (Fsp3) is 0.800. The average molecular weight is 296 g/mol. The predicted octanol–water partition coefficient (Wildman–Crippen LogP) is 2.35. The molecule has 5 heteroatoms. The molecule has 0 spiro atoms. The van der Waals surface area contributed by atoms with Gasteiger partial charge in [0.1, 0.15) is 0 Å². The molecule has 1 N–H and O–H groups in total. The zero-order valence-electron chi connectivity index (χ0n) is 13.3. The van der Waals surface area contributed by atoms with Crippen molar-refractivity contribution in [2.45, 2.75) is 45.7 Å². The maximum absolute atomic E-state index is 4.91. The Bertz CT molecular complexity index is 416. The van der Waals surface area contributed by atoms with Crippen molar-refractivity contribution in [2.75, 3.05) is 38.6 Å². The van der Waals surface area contributed by atoms with Gasteiger partial charge in [-0.05, 0) is 33.5 Å². The fourth-order valence-corrected chi connectivity index (χ4v) is 3.76. The van der Waals surface area contributed by atoms with Crippen molar-refractivity contribution in [3.8, 4) is 0 Å². The molecule has 1 unspecified atom stereocenters. The molecule has 1 aliphatic heterocycles. The minimum absolute atomic E-state index is 0.672. The van der Waals surface area contributed by atoms with Crippen molar-refractivity contribution in [1.82, 2.24) is 15.2 Å². The van der Waals surface area contributed by atoms with Gasteiger partial charge in [0, 0.05) is 30.6 Å². The van der Waals surface area contributed by atoms with Gasteiger partial charge < -0.3 is 15.1 Å². The van der Waals surface area contributed by atoms with Crippen molar-refractivity contribution >= 4 is 16.5 Å². The van der Waals surface area contributed by atoms with Crippen LogP contribution in [0.4, 0.5) is 5.13 Å². The number of nitrogens with zero attached hydrogens (tertiary/aromatic N) is 3. The fourth-order valence-electron chi connectivity index (χ4n) is 2.65. The summed E-state index contributed by atoms with van der Waals surface area (Å²) in [5, 5.41) is 4.67. The molecule has 0 aromatic carbocycles. The minimum Gasteiger partial charge on any atom is -0.346 e. The number of hydrogen-bond donors (Lipinski definition) is 1. The second-order valence-electron chi connectivity index (χ2n) is 5.75. The number of likely N-dealkylation sites (N-methyl/N-ethyl adjacent to an activating group) is 1. The van der Waals surface area contributed by atoms with E-state index in [1.54, 1.807) is 0 Å². The summed E-state index contributed by atoms with van der Waals surface area (Å²) in [6, 6.07) is 0.672. The van der Waals surface area contributed by atoms with Gasteiger partial charge >= 0.3 is 0 Å². The lowest BCUT2D eigenvalue weighted by Crippen LogP contribution is -2.31. The Balaban J connectivity index is 2.08. The van der Waals surface area contributed by atoms with E-state index < -0.39 is 0 Å². The van der Waals surface area contributed by atoms with Gasteiger partial charge in [0.05, 0.1) is 5.69 Å². The molecule has 20 heavy (non-hydrogen) atoms. The first-order chi connectivity index (χ1) is 9.65. The van der Waals surface area contributed by atoms with Crippen LogP contribution >= 0.6 is 11.3 Å². The van der Waals surface area contributed by atoms with Crippen molar-refractivity contribution in [1.29, 1.82) is 0 Å². The van der Waals surface area contributed by atoms with E-state index in [9.17, 15) is 0 Å². The molecule has 4 nitrogen and oxygen atoms in total. The van der Waals surface area contributed by atoms with Crippen molar-refractivity contribution < 1.29 is 0 Å². The maximum atomic E-state index is 4.91. The number of thiazole rings is 1. The topological polar surface area (TPSA) is 31.4 Å². The van der Waals surface area contributed by atoms with Gasteiger partial charge in [-0.15, -0.1) is 11.3 Å². The summed E-state index contributed by atoms with van der Waals surface area (Å²) < 4.78 is 0. The standard InChI is InChI=1S/C15H28N4S/c1-5-7-13-14(10-16-6-2)20-15(17-13)19-9-8-12(11-19)18(3)4/h12,16H,5-11H2,1-4H3. The van der Waals surface area contributed by atoms with Crippen LogP contribution in [0.2, 0.25) is 0 Å². The van der Waals surface area contributed by atoms with E-state index in [-0.39, 0.29) is 0 Å². The lowest BCUT2D eigenvalue weighted by Gasteiger charge is -2.19. The largest absolute Gasteiger partial charge is 0.346 e. The Morgan fingerprint density at radius 2 is 2.20 bits per heavy atom. The highest BCUT2D eigenvalue weighted by Crippen LogP contribution is 2.30. The summed E-state index contributed by atoms with van der Waals surface area (Å²) in [6.45, 7) is 8.63. The Morgan fingerprint density at radius 3 is 2.80 bits per heavy atom. The smallest absolute Gasteiger partial charge is 0.185 e. The highest BCUT2D eigenvalue weighted by atomic mass is 32.1. The van der Waals surface area contributed by atoms with Crippen LogP contribution in [0.5, 0.6) is 0 Å². The summed E-state index contributed by atoms with van der Waals surface area (Å²) in [5.41, 5.74) is 1.31. The Morgan fingerprint density at radius 1 is 1.40 bits per heavy atom. The Labute approximate surface area is 127 Å². The molecule has 0 aliphatic carbocycles. The summed E-state index contributed by atoms with van der Waals surface area (Å²) in [5.74, 6) is 0. The third-order valence-electron chi connectivity index (χ3n) is 3.95. The normalized spacial score (nSPS) is 19.2. The molecule has 1 atom stereocenters. The Kier molecular flexibility index (Phi) is 5.81. The first kappa shape index (κ1) is 15.7. The monoisotopic (exact) mass is 296 g/mol. The highest BCUT2D eigenvalue weighted by Gasteiger charge is 2.26. The number of aryl methyl sites for hydroxylation is 1. The highest BCUT2D eigenvalue weighted by molar-refractivity contribution is 7.15.